The van der Waals surface area contributed by atoms with Gasteiger partial charge in [-0.15, -0.1) is 11.3 Å². The number of amides is 1. The molecule has 10 heteroatoms. The van der Waals surface area contributed by atoms with Gasteiger partial charge in [0.1, 0.15) is 17.2 Å². The predicted molar refractivity (Wildman–Crippen MR) is 115 cm³/mol. The Labute approximate surface area is 175 Å². The zero-order valence-corrected chi connectivity index (χ0v) is 17.5. The molecule has 0 saturated heterocycles. The maximum atomic E-state index is 12.2. The van der Waals surface area contributed by atoms with Crippen LogP contribution < -0.4 is 15.8 Å². The Bertz CT molecular complexity index is 1070. The number of fused-ring (bicyclic) bond motifs is 1. The highest BCUT2D eigenvalue weighted by atomic mass is 35.5. The van der Waals surface area contributed by atoms with Crippen molar-refractivity contribution in [3.63, 3.8) is 0 Å². The van der Waals surface area contributed by atoms with Gasteiger partial charge < -0.3 is 15.8 Å². The van der Waals surface area contributed by atoms with Crippen LogP contribution in [0.1, 0.15) is 16.6 Å². The lowest BCUT2D eigenvalue weighted by Gasteiger charge is -2.11. The van der Waals surface area contributed by atoms with Gasteiger partial charge in [0.05, 0.1) is 20.6 Å². The van der Waals surface area contributed by atoms with Gasteiger partial charge in [0.15, 0.2) is 0 Å². The number of ether oxygens (including phenoxy) is 1. The predicted octanol–water partition coefficient (Wildman–Crippen LogP) is 4.08. The molecule has 1 amide bonds. The summed E-state index contributed by atoms with van der Waals surface area (Å²) >= 11 is 13.9. The van der Waals surface area contributed by atoms with Crippen LogP contribution in [0.3, 0.4) is 0 Å². The third kappa shape index (κ3) is 4.19. The number of nitrogen functional groups attached to an aromatic ring is 1. The maximum Gasteiger partial charge on any atom is 0.261 e. The second-order valence-electron chi connectivity index (χ2n) is 5.63. The molecule has 0 atom stereocenters. The number of aromatic nitrogens is 2. The molecule has 1 aromatic carbocycles. The molecule has 0 bridgehead atoms. The SMILES string of the molecule is CCNC(=O)c1cc2c(-c3cc(OCC=NC)c(Cl)cc3Cl)nc(N)nc2s1. The van der Waals surface area contributed by atoms with E-state index < -0.39 is 0 Å². The highest BCUT2D eigenvalue weighted by Crippen LogP contribution is 2.40. The third-order valence-electron chi connectivity index (χ3n) is 3.74. The number of thiophene rings is 1. The molecule has 2 heterocycles. The molecule has 3 aromatic rings. The molecule has 0 spiro atoms. The van der Waals surface area contributed by atoms with Crippen molar-refractivity contribution in [2.45, 2.75) is 6.92 Å². The highest BCUT2D eigenvalue weighted by molar-refractivity contribution is 7.20. The Hall–Kier alpha value is -2.42. The van der Waals surface area contributed by atoms with Gasteiger partial charge in [-0.3, -0.25) is 9.79 Å². The monoisotopic (exact) mass is 437 g/mol. The Balaban J connectivity index is 2.14. The quantitative estimate of drug-likeness (QED) is 0.565. The van der Waals surface area contributed by atoms with Crippen molar-refractivity contribution >= 4 is 62.8 Å². The van der Waals surface area contributed by atoms with E-state index in [-0.39, 0.29) is 18.5 Å². The van der Waals surface area contributed by atoms with Gasteiger partial charge in [-0.1, -0.05) is 23.2 Å². The van der Waals surface area contributed by atoms with E-state index in [4.69, 9.17) is 33.7 Å². The number of benzene rings is 1. The van der Waals surface area contributed by atoms with Gasteiger partial charge in [0.2, 0.25) is 5.95 Å². The van der Waals surface area contributed by atoms with Crippen LogP contribution in [-0.2, 0) is 0 Å². The number of halogens is 2. The molecule has 7 nitrogen and oxygen atoms in total. The minimum Gasteiger partial charge on any atom is -0.486 e. The first-order valence-electron chi connectivity index (χ1n) is 8.32. The lowest BCUT2D eigenvalue weighted by molar-refractivity contribution is 0.0960. The average molecular weight is 438 g/mol. The summed E-state index contributed by atoms with van der Waals surface area (Å²) in [5.74, 6) is 0.337. The minimum atomic E-state index is -0.180. The van der Waals surface area contributed by atoms with E-state index >= 15 is 0 Å². The van der Waals surface area contributed by atoms with Gasteiger partial charge in [-0.25, -0.2) is 9.97 Å². The number of aliphatic imine (C=N–C) groups is 1. The lowest BCUT2D eigenvalue weighted by atomic mass is 10.1. The van der Waals surface area contributed by atoms with Crippen molar-refractivity contribution in [3.8, 4) is 17.0 Å². The maximum absolute atomic E-state index is 12.2. The molecule has 3 rings (SSSR count). The fraction of sp³-hybridized carbons (Fsp3) is 0.222. The van der Waals surface area contributed by atoms with Crippen molar-refractivity contribution in [1.29, 1.82) is 0 Å². The van der Waals surface area contributed by atoms with Gasteiger partial charge >= 0.3 is 0 Å². The van der Waals surface area contributed by atoms with E-state index in [0.717, 1.165) is 0 Å². The molecule has 146 valence electrons. The summed E-state index contributed by atoms with van der Waals surface area (Å²) in [6, 6.07) is 5.01. The topological polar surface area (TPSA) is 102 Å². The molecule has 3 N–H and O–H groups in total. The van der Waals surface area contributed by atoms with Crippen molar-refractivity contribution in [2.75, 3.05) is 25.9 Å². The van der Waals surface area contributed by atoms with Crippen molar-refractivity contribution in [3.05, 3.63) is 33.1 Å². The number of anilines is 1. The van der Waals surface area contributed by atoms with Crippen LogP contribution in [0, 0.1) is 0 Å². The second-order valence-corrected chi connectivity index (χ2v) is 7.48. The second kappa shape index (κ2) is 8.72. The zero-order valence-electron chi connectivity index (χ0n) is 15.1. The minimum absolute atomic E-state index is 0.0819. The van der Waals surface area contributed by atoms with Gasteiger partial charge in [0.25, 0.3) is 5.91 Å². The smallest absolute Gasteiger partial charge is 0.261 e. The molecular weight excluding hydrogens is 421 g/mol. The van der Waals surface area contributed by atoms with Crippen LogP contribution in [0.5, 0.6) is 5.75 Å². The van der Waals surface area contributed by atoms with E-state index in [0.29, 0.717) is 48.7 Å². The number of nitrogens with zero attached hydrogens (tertiary/aromatic N) is 3. The summed E-state index contributed by atoms with van der Waals surface area (Å²) < 4.78 is 5.64. The first-order chi connectivity index (χ1) is 13.4. The van der Waals surface area contributed by atoms with Crippen LogP contribution in [0.2, 0.25) is 10.0 Å². The number of carbonyl (C=O) groups excluding carboxylic acids is 1. The normalized spacial score (nSPS) is 11.3. The fourth-order valence-electron chi connectivity index (χ4n) is 2.53. The number of carbonyl (C=O) groups is 1. The molecule has 0 saturated carbocycles. The van der Waals surface area contributed by atoms with E-state index in [1.165, 1.54) is 11.3 Å². The number of hydrogen-bond acceptors (Lipinski definition) is 7. The standard InChI is InChI=1S/C18H17Cl2N5O2S/c1-3-23-16(26)14-7-10-15(24-18(21)25-17(10)28-14)9-6-13(27-5-4-22-2)12(20)8-11(9)19/h4,6-8H,3,5H2,1-2H3,(H,23,26)(H2,21,24,25). The van der Waals surface area contributed by atoms with Gasteiger partial charge in [-0.05, 0) is 25.1 Å². The average Bonchev–Trinajstić information content (AvgIpc) is 3.07. The summed E-state index contributed by atoms with van der Waals surface area (Å²) in [7, 11) is 1.65. The summed E-state index contributed by atoms with van der Waals surface area (Å²) in [5.41, 5.74) is 6.97. The van der Waals surface area contributed by atoms with E-state index in [9.17, 15) is 4.79 Å². The molecule has 0 radical (unpaired) electrons. The first-order valence-corrected chi connectivity index (χ1v) is 9.90. The Morgan fingerprint density at radius 1 is 1.32 bits per heavy atom. The Kier molecular flexibility index (Phi) is 6.33. The number of hydrogen-bond donors (Lipinski definition) is 2. The van der Waals surface area contributed by atoms with E-state index in [1.807, 2.05) is 6.92 Å². The molecule has 0 fully saturated rings. The van der Waals surface area contributed by atoms with Crippen molar-refractivity contribution in [1.82, 2.24) is 15.3 Å². The molecule has 0 unspecified atom stereocenters. The molecule has 28 heavy (non-hydrogen) atoms. The summed E-state index contributed by atoms with van der Waals surface area (Å²) in [6.45, 7) is 2.64. The summed E-state index contributed by atoms with van der Waals surface area (Å²) in [6.07, 6.45) is 1.61. The molecule has 0 aliphatic rings. The third-order valence-corrected chi connectivity index (χ3v) is 5.38. The van der Waals surface area contributed by atoms with Crippen LogP contribution >= 0.6 is 34.5 Å². The van der Waals surface area contributed by atoms with Crippen molar-refractivity contribution in [2.24, 2.45) is 4.99 Å². The largest absolute Gasteiger partial charge is 0.486 e. The van der Waals surface area contributed by atoms with Crippen LogP contribution in [-0.4, -0.2) is 42.3 Å². The Morgan fingerprint density at radius 2 is 2.11 bits per heavy atom. The zero-order chi connectivity index (χ0) is 20.3. The lowest BCUT2D eigenvalue weighted by Crippen LogP contribution is -2.21. The molecular formula is C18H17Cl2N5O2S. The van der Waals surface area contributed by atoms with E-state index in [1.54, 1.807) is 31.5 Å². The van der Waals surface area contributed by atoms with Crippen LogP contribution in [0.15, 0.2) is 23.2 Å². The van der Waals surface area contributed by atoms with E-state index in [2.05, 4.69) is 20.3 Å². The van der Waals surface area contributed by atoms with Gasteiger partial charge in [-0.2, -0.15) is 0 Å². The fourth-order valence-corrected chi connectivity index (χ4v) is 4.01. The number of nitrogens with two attached hydrogens (primary N) is 1. The number of nitrogens with one attached hydrogen (secondary N) is 1. The Morgan fingerprint density at radius 3 is 2.82 bits per heavy atom. The first kappa shape index (κ1) is 20.3. The summed E-state index contributed by atoms with van der Waals surface area (Å²) in [4.78, 5) is 25.8. The molecule has 2 aromatic heterocycles. The highest BCUT2D eigenvalue weighted by Gasteiger charge is 2.19. The number of rotatable bonds is 6. The molecule has 0 aliphatic heterocycles. The molecule has 0 aliphatic carbocycles. The van der Waals surface area contributed by atoms with Gasteiger partial charge in [0, 0.05) is 30.8 Å². The van der Waals surface area contributed by atoms with Crippen LogP contribution in [0.4, 0.5) is 5.95 Å². The van der Waals surface area contributed by atoms with Crippen LogP contribution in [0.25, 0.3) is 21.5 Å². The van der Waals surface area contributed by atoms with Crippen molar-refractivity contribution < 1.29 is 9.53 Å². The summed E-state index contributed by atoms with van der Waals surface area (Å²) in [5, 5.41) is 4.19.